The molecule has 0 fully saturated rings. The SMILES string of the molecule is Cc1ccc(Cl)cc1NC(=O)c1ccc(NCCc2ccccc2)cn1. The van der Waals surface area contributed by atoms with Crippen molar-refractivity contribution < 1.29 is 4.79 Å². The van der Waals surface area contributed by atoms with Gasteiger partial charge in [0.1, 0.15) is 5.69 Å². The number of aromatic nitrogens is 1. The molecule has 1 aromatic heterocycles. The van der Waals surface area contributed by atoms with E-state index < -0.39 is 0 Å². The zero-order chi connectivity index (χ0) is 18.4. The van der Waals surface area contributed by atoms with Crippen LogP contribution in [0.2, 0.25) is 5.02 Å². The molecule has 5 heteroatoms. The summed E-state index contributed by atoms with van der Waals surface area (Å²) in [5.74, 6) is -0.258. The van der Waals surface area contributed by atoms with Crippen molar-refractivity contribution in [3.8, 4) is 0 Å². The number of amides is 1. The summed E-state index contributed by atoms with van der Waals surface area (Å²) in [6, 6.07) is 19.2. The first-order chi connectivity index (χ1) is 12.6. The summed E-state index contributed by atoms with van der Waals surface area (Å²) in [5, 5.41) is 6.74. The molecule has 0 unspecified atom stereocenters. The van der Waals surface area contributed by atoms with E-state index in [1.54, 1.807) is 24.4 Å². The summed E-state index contributed by atoms with van der Waals surface area (Å²) in [6.07, 6.45) is 2.60. The zero-order valence-corrected chi connectivity index (χ0v) is 15.3. The number of anilines is 2. The number of hydrogen-bond acceptors (Lipinski definition) is 3. The average Bonchev–Trinajstić information content (AvgIpc) is 2.66. The van der Waals surface area contributed by atoms with E-state index in [0.29, 0.717) is 16.4 Å². The highest BCUT2D eigenvalue weighted by molar-refractivity contribution is 6.31. The highest BCUT2D eigenvalue weighted by Gasteiger charge is 2.09. The summed E-state index contributed by atoms with van der Waals surface area (Å²) in [7, 11) is 0. The van der Waals surface area contributed by atoms with Crippen LogP contribution < -0.4 is 10.6 Å². The molecule has 0 atom stereocenters. The molecule has 3 rings (SSSR count). The second-order valence-electron chi connectivity index (χ2n) is 6.01. The van der Waals surface area contributed by atoms with Gasteiger partial charge in [0, 0.05) is 17.3 Å². The first kappa shape index (κ1) is 18.0. The lowest BCUT2D eigenvalue weighted by atomic mass is 10.1. The Hall–Kier alpha value is -2.85. The molecule has 26 heavy (non-hydrogen) atoms. The summed E-state index contributed by atoms with van der Waals surface area (Å²) in [6.45, 7) is 2.72. The molecule has 0 bridgehead atoms. The quantitative estimate of drug-likeness (QED) is 0.649. The predicted octanol–water partition coefficient (Wildman–Crippen LogP) is 4.95. The van der Waals surface area contributed by atoms with E-state index in [-0.39, 0.29) is 5.91 Å². The molecular weight excluding hydrogens is 346 g/mol. The summed E-state index contributed by atoms with van der Waals surface area (Å²) in [4.78, 5) is 16.6. The molecule has 1 amide bonds. The van der Waals surface area contributed by atoms with Gasteiger partial charge in [-0.1, -0.05) is 48.0 Å². The number of carbonyl (C=O) groups excluding carboxylic acids is 1. The van der Waals surface area contributed by atoms with E-state index in [9.17, 15) is 4.79 Å². The Morgan fingerprint density at radius 3 is 2.62 bits per heavy atom. The maximum atomic E-state index is 12.4. The molecule has 2 N–H and O–H groups in total. The summed E-state index contributed by atoms with van der Waals surface area (Å²) in [5.41, 5.74) is 4.16. The standard InChI is InChI=1S/C21H20ClN3O/c1-15-7-8-17(22)13-20(15)25-21(26)19-10-9-18(14-24-19)23-12-11-16-5-3-2-4-6-16/h2-10,13-14,23H,11-12H2,1H3,(H,25,26). The average molecular weight is 366 g/mol. The van der Waals surface area contributed by atoms with Gasteiger partial charge in [-0.3, -0.25) is 4.79 Å². The third-order valence-corrected chi connectivity index (χ3v) is 4.26. The van der Waals surface area contributed by atoms with Gasteiger partial charge >= 0.3 is 0 Å². The van der Waals surface area contributed by atoms with Crippen LogP contribution in [0.5, 0.6) is 0 Å². The van der Waals surface area contributed by atoms with Crippen LogP contribution in [0.3, 0.4) is 0 Å². The highest BCUT2D eigenvalue weighted by Crippen LogP contribution is 2.20. The molecule has 4 nitrogen and oxygen atoms in total. The molecule has 3 aromatic rings. The summed E-state index contributed by atoms with van der Waals surface area (Å²) >= 11 is 5.98. The van der Waals surface area contributed by atoms with E-state index in [1.807, 2.05) is 37.3 Å². The highest BCUT2D eigenvalue weighted by atomic mass is 35.5. The lowest BCUT2D eigenvalue weighted by Crippen LogP contribution is -2.14. The van der Waals surface area contributed by atoms with E-state index in [0.717, 1.165) is 24.2 Å². The molecule has 1 heterocycles. The first-order valence-electron chi connectivity index (χ1n) is 8.43. The van der Waals surface area contributed by atoms with E-state index >= 15 is 0 Å². The van der Waals surface area contributed by atoms with Crippen LogP contribution >= 0.6 is 11.6 Å². The van der Waals surface area contributed by atoms with Crippen LogP contribution in [0.15, 0.2) is 66.9 Å². The molecule has 132 valence electrons. The predicted molar refractivity (Wildman–Crippen MR) is 107 cm³/mol. The van der Waals surface area contributed by atoms with E-state index in [2.05, 4.69) is 27.8 Å². The van der Waals surface area contributed by atoms with Crippen molar-refractivity contribution in [1.82, 2.24) is 4.98 Å². The number of aryl methyl sites for hydroxylation is 1. The van der Waals surface area contributed by atoms with Gasteiger partial charge in [0.15, 0.2) is 0 Å². The maximum Gasteiger partial charge on any atom is 0.274 e. The van der Waals surface area contributed by atoms with Crippen LogP contribution in [-0.4, -0.2) is 17.4 Å². The molecule has 0 saturated heterocycles. The van der Waals surface area contributed by atoms with Crippen molar-refractivity contribution in [2.75, 3.05) is 17.2 Å². The second kappa shape index (κ2) is 8.50. The van der Waals surface area contributed by atoms with Crippen LogP contribution in [-0.2, 0) is 6.42 Å². The maximum absolute atomic E-state index is 12.4. The monoisotopic (exact) mass is 365 g/mol. The Kier molecular flexibility index (Phi) is 5.87. The Morgan fingerprint density at radius 1 is 1.08 bits per heavy atom. The van der Waals surface area contributed by atoms with Gasteiger partial charge in [0.2, 0.25) is 0 Å². The van der Waals surface area contributed by atoms with Crippen molar-refractivity contribution in [2.45, 2.75) is 13.3 Å². The van der Waals surface area contributed by atoms with E-state index in [1.165, 1.54) is 5.56 Å². The fraction of sp³-hybridized carbons (Fsp3) is 0.143. The number of rotatable bonds is 6. The number of hydrogen-bond donors (Lipinski definition) is 2. The minimum Gasteiger partial charge on any atom is -0.383 e. The van der Waals surface area contributed by atoms with Gasteiger partial charge in [-0.25, -0.2) is 4.98 Å². The van der Waals surface area contributed by atoms with Crippen LogP contribution in [0.1, 0.15) is 21.6 Å². The molecular formula is C21H20ClN3O. The van der Waals surface area contributed by atoms with Gasteiger partial charge in [-0.2, -0.15) is 0 Å². The number of benzene rings is 2. The molecule has 0 aliphatic carbocycles. The minimum atomic E-state index is -0.258. The number of pyridine rings is 1. The normalized spacial score (nSPS) is 10.4. The number of carbonyl (C=O) groups is 1. The fourth-order valence-electron chi connectivity index (χ4n) is 2.54. The van der Waals surface area contributed by atoms with Gasteiger partial charge in [-0.15, -0.1) is 0 Å². The lowest BCUT2D eigenvalue weighted by molar-refractivity contribution is 0.102. The number of halogens is 1. The van der Waals surface area contributed by atoms with Crippen molar-refractivity contribution in [2.24, 2.45) is 0 Å². The Labute approximate surface area is 158 Å². The third-order valence-electron chi connectivity index (χ3n) is 4.03. The molecule has 2 aromatic carbocycles. The summed E-state index contributed by atoms with van der Waals surface area (Å²) < 4.78 is 0. The second-order valence-corrected chi connectivity index (χ2v) is 6.44. The third kappa shape index (κ3) is 4.83. The number of nitrogens with zero attached hydrogens (tertiary/aromatic N) is 1. The van der Waals surface area contributed by atoms with Gasteiger partial charge in [-0.05, 0) is 48.7 Å². The fourth-order valence-corrected chi connectivity index (χ4v) is 2.72. The van der Waals surface area contributed by atoms with Gasteiger partial charge in [0.25, 0.3) is 5.91 Å². The van der Waals surface area contributed by atoms with Crippen molar-refractivity contribution in [1.29, 1.82) is 0 Å². The molecule has 0 spiro atoms. The van der Waals surface area contributed by atoms with Gasteiger partial charge < -0.3 is 10.6 Å². The zero-order valence-electron chi connectivity index (χ0n) is 14.5. The Morgan fingerprint density at radius 2 is 1.88 bits per heavy atom. The van der Waals surface area contributed by atoms with E-state index in [4.69, 9.17) is 11.6 Å². The molecule has 0 aliphatic rings. The van der Waals surface area contributed by atoms with Crippen molar-refractivity contribution in [3.05, 3.63) is 88.7 Å². The molecule has 0 aliphatic heterocycles. The largest absolute Gasteiger partial charge is 0.383 e. The smallest absolute Gasteiger partial charge is 0.274 e. The first-order valence-corrected chi connectivity index (χ1v) is 8.81. The van der Waals surface area contributed by atoms with Crippen molar-refractivity contribution in [3.63, 3.8) is 0 Å². The van der Waals surface area contributed by atoms with Gasteiger partial charge in [0.05, 0.1) is 11.9 Å². The topological polar surface area (TPSA) is 54.0 Å². The molecule has 0 saturated carbocycles. The number of nitrogens with one attached hydrogen (secondary N) is 2. The molecule has 0 radical (unpaired) electrons. The Balaban J connectivity index is 1.56. The van der Waals surface area contributed by atoms with Crippen LogP contribution in [0.4, 0.5) is 11.4 Å². The minimum absolute atomic E-state index is 0.258. The Bertz CT molecular complexity index is 880. The lowest BCUT2D eigenvalue weighted by Gasteiger charge is -2.09. The van der Waals surface area contributed by atoms with Crippen LogP contribution in [0, 0.1) is 6.92 Å². The van der Waals surface area contributed by atoms with Crippen molar-refractivity contribution >= 4 is 28.9 Å². The van der Waals surface area contributed by atoms with Crippen LogP contribution in [0.25, 0.3) is 0 Å².